The number of hydrogen-bond donors (Lipinski definition) is 1. The third-order valence-corrected chi connectivity index (χ3v) is 5.08. The lowest BCUT2D eigenvalue weighted by atomic mass is 10.1. The Morgan fingerprint density at radius 2 is 1.86 bits per heavy atom. The minimum Gasteiger partial charge on any atom is -0.463 e. The molecule has 6 nitrogen and oxygen atoms in total. The molecule has 0 bridgehead atoms. The van der Waals surface area contributed by atoms with E-state index in [4.69, 9.17) is 16.0 Å². The van der Waals surface area contributed by atoms with Crippen molar-refractivity contribution in [2.24, 2.45) is 0 Å². The Kier molecular flexibility index (Phi) is 4.26. The van der Waals surface area contributed by atoms with Gasteiger partial charge in [-0.05, 0) is 42.0 Å². The quantitative estimate of drug-likeness (QED) is 0.467. The summed E-state index contributed by atoms with van der Waals surface area (Å²) in [6.07, 6.45) is 5.03. The maximum Gasteiger partial charge on any atom is 0.354 e. The van der Waals surface area contributed by atoms with Gasteiger partial charge >= 0.3 is 5.69 Å². The normalized spacial score (nSPS) is 11.2. The van der Waals surface area contributed by atoms with Crippen LogP contribution in [-0.2, 0) is 6.54 Å². The maximum absolute atomic E-state index is 13.0. The third kappa shape index (κ3) is 3.03. The summed E-state index contributed by atoms with van der Waals surface area (Å²) >= 11 is 6.49. The highest BCUT2D eigenvalue weighted by Crippen LogP contribution is 2.35. The summed E-state index contributed by atoms with van der Waals surface area (Å²) in [5.74, 6) is 0.450. The second kappa shape index (κ2) is 7.07. The van der Waals surface area contributed by atoms with Gasteiger partial charge in [-0.2, -0.15) is 4.98 Å². The number of rotatable bonds is 4. The van der Waals surface area contributed by atoms with E-state index >= 15 is 0 Å². The zero-order valence-corrected chi connectivity index (χ0v) is 15.9. The minimum absolute atomic E-state index is 0.400. The number of benzene rings is 2. The van der Waals surface area contributed by atoms with Crippen LogP contribution in [0.2, 0.25) is 5.02 Å². The molecular formula is C22H15ClN4O2. The molecule has 0 aliphatic carbocycles. The summed E-state index contributed by atoms with van der Waals surface area (Å²) in [5.41, 5.74) is 2.54. The van der Waals surface area contributed by atoms with Gasteiger partial charge in [0.05, 0.1) is 27.9 Å². The van der Waals surface area contributed by atoms with Crippen LogP contribution in [0.5, 0.6) is 0 Å². The van der Waals surface area contributed by atoms with E-state index in [1.807, 2.05) is 48.5 Å². The van der Waals surface area contributed by atoms with Gasteiger partial charge in [0.15, 0.2) is 0 Å². The van der Waals surface area contributed by atoms with E-state index in [1.165, 1.54) is 0 Å². The van der Waals surface area contributed by atoms with Crippen LogP contribution in [0.4, 0.5) is 5.82 Å². The second-order valence-electron chi connectivity index (χ2n) is 6.54. The summed E-state index contributed by atoms with van der Waals surface area (Å²) < 4.78 is 7.29. The van der Waals surface area contributed by atoms with Crippen LogP contribution in [0.1, 0.15) is 5.56 Å². The van der Waals surface area contributed by atoms with E-state index in [1.54, 1.807) is 29.3 Å². The smallest absolute Gasteiger partial charge is 0.354 e. The Morgan fingerprint density at radius 1 is 1.07 bits per heavy atom. The number of pyridine rings is 1. The Balaban J connectivity index is 1.78. The molecule has 3 aromatic heterocycles. The lowest BCUT2D eigenvalue weighted by Gasteiger charge is -2.15. The number of hydrogen-bond acceptors (Lipinski definition) is 5. The summed E-state index contributed by atoms with van der Waals surface area (Å²) in [5, 5.41) is 5.25. The fourth-order valence-electron chi connectivity index (χ4n) is 3.43. The molecule has 0 saturated heterocycles. The first-order valence-corrected chi connectivity index (χ1v) is 9.41. The van der Waals surface area contributed by atoms with Crippen LogP contribution in [0.3, 0.4) is 0 Å². The van der Waals surface area contributed by atoms with Gasteiger partial charge < -0.3 is 9.73 Å². The van der Waals surface area contributed by atoms with Gasteiger partial charge in [-0.25, -0.2) is 4.79 Å². The highest BCUT2D eigenvalue weighted by atomic mass is 35.5. The number of para-hydroxylation sites is 1. The summed E-state index contributed by atoms with van der Waals surface area (Å²) in [6.45, 7) is 0.490. The van der Waals surface area contributed by atoms with E-state index in [2.05, 4.69) is 15.3 Å². The summed E-state index contributed by atoms with van der Waals surface area (Å²) in [7, 11) is 0. The highest BCUT2D eigenvalue weighted by molar-refractivity contribution is 6.37. The number of halogens is 1. The molecule has 0 aliphatic rings. The average Bonchev–Trinajstić information content (AvgIpc) is 3.24. The fraction of sp³-hybridized carbons (Fsp3) is 0.0455. The Bertz CT molecular complexity index is 1380. The van der Waals surface area contributed by atoms with Gasteiger partial charge in [0, 0.05) is 24.3 Å². The zero-order valence-electron chi connectivity index (χ0n) is 15.2. The molecule has 0 spiro atoms. The average molecular weight is 403 g/mol. The van der Waals surface area contributed by atoms with Crippen LogP contribution >= 0.6 is 11.6 Å². The standard InChI is InChI=1S/C22H15ClN4O2/c23-17-12-18-19(20-16(17)8-11-29-20)21(25-13-14-6-9-24-10-7-14)26-22(28)27(18)15-4-2-1-3-5-15/h1-12H,13H2,(H,25,26,28). The zero-order chi connectivity index (χ0) is 19.8. The van der Waals surface area contributed by atoms with E-state index in [0.29, 0.717) is 39.6 Å². The van der Waals surface area contributed by atoms with Gasteiger partial charge in [0.25, 0.3) is 0 Å². The van der Waals surface area contributed by atoms with Crippen molar-refractivity contribution in [2.45, 2.75) is 6.54 Å². The number of aromatic nitrogens is 3. The Morgan fingerprint density at radius 3 is 2.66 bits per heavy atom. The molecule has 7 heteroatoms. The SMILES string of the molecule is O=c1nc(NCc2ccncc2)c2c3occc3c(Cl)cc2n1-c1ccccc1. The van der Waals surface area contributed by atoms with Crippen molar-refractivity contribution in [1.82, 2.24) is 14.5 Å². The van der Waals surface area contributed by atoms with E-state index in [9.17, 15) is 4.79 Å². The molecule has 5 aromatic rings. The van der Waals surface area contributed by atoms with Gasteiger partial charge in [-0.15, -0.1) is 0 Å². The number of fused-ring (bicyclic) bond motifs is 3. The topological polar surface area (TPSA) is 73.0 Å². The van der Waals surface area contributed by atoms with Crippen molar-refractivity contribution in [2.75, 3.05) is 5.32 Å². The molecule has 0 saturated carbocycles. The molecule has 0 fully saturated rings. The van der Waals surface area contributed by atoms with Crippen molar-refractivity contribution in [1.29, 1.82) is 0 Å². The van der Waals surface area contributed by atoms with E-state index in [-0.39, 0.29) is 0 Å². The molecule has 0 radical (unpaired) electrons. The molecule has 5 rings (SSSR count). The molecule has 0 unspecified atom stereocenters. The lowest BCUT2D eigenvalue weighted by molar-refractivity contribution is 0.619. The van der Waals surface area contributed by atoms with E-state index in [0.717, 1.165) is 10.9 Å². The summed E-state index contributed by atoms with van der Waals surface area (Å²) in [6, 6.07) is 16.7. The molecular weight excluding hydrogens is 388 g/mol. The van der Waals surface area contributed by atoms with E-state index < -0.39 is 5.69 Å². The number of furan rings is 1. The first kappa shape index (κ1) is 17.5. The van der Waals surface area contributed by atoms with Gasteiger partial charge in [0.1, 0.15) is 11.4 Å². The van der Waals surface area contributed by atoms with Crippen LogP contribution < -0.4 is 11.0 Å². The Labute approximate surface area is 170 Å². The molecule has 0 atom stereocenters. The predicted molar refractivity (Wildman–Crippen MR) is 114 cm³/mol. The van der Waals surface area contributed by atoms with Crippen molar-refractivity contribution in [3.05, 3.63) is 94.3 Å². The number of anilines is 1. The third-order valence-electron chi connectivity index (χ3n) is 4.77. The molecule has 0 aliphatic heterocycles. The highest BCUT2D eigenvalue weighted by Gasteiger charge is 2.18. The van der Waals surface area contributed by atoms with Crippen LogP contribution in [0.15, 0.2) is 82.5 Å². The molecule has 2 aromatic carbocycles. The first-order valence-electron chi connectivity index (χ1n) is 9.03. The lowest BCUT2D eigenvalue weighted by Crippen LogP contribution is -2.23. The molecule has 3 heterocycles. The van der Waals surface area contributed by atoms with Crippen LogP contribution in [0.25, 0.3) is 27.6 Å². The molecule has 1 N–H and O–H groups in total. The van der Waals surface area contributed by atoms with Gasteiger partial charge in [0.2, 0.25) is 0 Å². The first-order chi connectivity index (χ1) is 14.2. The molecule has 0 amide bonds. The minimum atomic E-state index is -0.400. The maximum atomic E-state index is 13.0. The molecule has 29 heavy (non-hydrogen) atoms. The Hall–Kier alpha value is -3.64. The van der Waals surface area contributed by atoms with Crippen molar-refractivity contribution >= 4 is 39.3 Å². The van der Waals surface area contributed by atoms with Crippen LogP contribution in [-0.4, -0.2) is 14.5 Å². The number of nitrogens with zero attached hydrogens (tertiary/aromatic N) is 3. The number of nitrogens with one attached hydrogen (secondary N) is 1. The van der Waals surface area contributed by atoms with Gasteiger partial charge in [-0.3, -0.25) is 9.55 Å². The van der Waals surface area contributed by atoms with Crippen molar-refractivity contribution in [3.63, 3.8) is 0 Å². The monoisotopic (exact) mass is 402 g/mol. The fourth-order valence-corrected chi connectivity index (χ4v) is 3.68. The molecule has 142 valence electrons. The second-order valence-corrected chi connectivity index (χ2v) is 6.95. The predicted octanol–water partition coefficient (Wildman–Crippen LogP) is 4.79. The van der Waals surface area contributed by atoms with Crippen molar-refractivity contribution < 1.29 is 4.42 Å². The summed E-state index contributed by atoms with van der Waals surface area (Å²) in [4.78, 5) is 21.3. The van der Waals surface area contributed by atoms with Gasteiger partial charge in [-0.1, -0.05) is 29.8 Å². The van der Waals surface area contributed by atoms with Crippen molar-refractivity contribution in [3.8, 4) is 5.69 Å². The largest absolute Gasteiger partial charge is 0.463 e. The van der Waals surface area contributed by atoms with Crippen LogP contribution in [0, 0.1) is 0 Å².